The normalized spacial score (nSPS) is 16.8. The molecule has 0 atom stereocenters. The first-order valence-corrected chi connectivity index (χ1v) is 11.6. The quantitative estimate of drug-likeness (QED) is 0.640. The first-order chi connectivity index (χ1) is 16.1. The first-order valence-electron chi connectivity index (χ1n) is 11.6. The molecule has 1 fully saturated rings. The molecule has 8 heteroatoms. The van der Waals surface area contributed by atoms with Crippen molar-refractivity contribution in [3.8, 4) is 0 Å². The van der Waals surface area contributed by atoms with E-state index >= 15 is 0 Å². The van der Waals surface area contributed by atoms with E-state index in [1.807, 2.05) is 55.5 Å². The molecule has 1 saturated heterocycles. The second kappa shape index (κ2) is 10.7. The van der Waals surface area contributed by atoms with E-state index in [1.165, 1.54) is 0 Å². The molecule has 2 heterocycles. The van der Waals surface area contributed by atoms with Crippen LogP contribution in [0.1, 0.15) is 25.3 Å². The van der Waals surface area contributed by atoms with E-state index in [-0.39, 0.29) is 24.6 Å². The molecule has 2 N–H and O–H groups in total. The lowest BCUT2D eigenvalue weighted by atomic mass is 10.0. The zero-order valence-electron chi connectivity index (χ0n) is 19.1. The van der Waals surface area contributed by atoms with E-state index < -0.39 is 0 Å². The number of ether oxygens (including phenoxy) is 1. The monoisotopic (exact) mass is 452 g/mol. The van der Waals surface area contributed by atoms with Gasteiger partial charge in [-0.2, -0.15) is 0 Å². The van der Waals surface area contributed by atoms with Gasteiger partial charge in [0.15, 0.2) is 0 Å². The predicted molar refractivity (Wildman–Crippen MR) is 129 cm³/mol. The summed E-state index contributed by atoms with van der Waals surface area (Å²) in [7, 11) is 0. The third kappa shape index (κ3) is 5.46. The number of benzene rings is 2. The molecule has 8 nitrogen and oxygen atoms in total. The van der Waals surface area contributed by atoms with Crippen LogP contribution in [-0.4, -0.2) is 67.4 Å². The highest BCUT2D eigenvalue weighted by Gasteiger charge is 2.34. The highest BCUT2D eigenvalue weighted by molar-refractivity contribution is 5.92. The summed E-state index contributed by atoms with van der Waals surface area (Å²) in [6.07, 6.45) is 1.31. The molecule has 0 bridgehead atoms. The van der Waals surface area contributed by atoms with E-state index in [0.717, 1.165) is 55.1 Å². The first kappa shape index (κ1) is 23.1. The smallest absolute Gasteiger partial charge is 0.414 e. The van der Waals surface area contributed by atoms with Gasteiger partial charge < -0.3 is 20.1 Å². The Morgan fingerprint density at radius 1 is 1.15 bits per heavy atom. The molecule has 2 aromatic rings. The van der Waals surface area contributed by atoms with Crippen LogP contribution in [-0.2, 0) is 16.1 Å². The van der Waals surface area contributed by atoms with Gasteiger partial charge >= 0.3 is 6.09 Å². The van der Waals surface area contributed by atoms with E-state index in [4.69, 9.17) is 4.74 Å². The third-order valence-corrected chi connectivity index (χ3v) is 6.36. The molecule has 2 amide bonds. The van der Waals surface area contributed by atoms with Gasteiger partial charge in [-0.3, -0.25) is 14.6 Å². The SMILES string of the molecule is CCN(CCO)c1ccc(NC(=O)CN2CCC(N3C(=O)OCc4ccccc43)CC2)cc1. The van der Waals surface area contributed by atoms with Crippen molar-refractivity contribution in [2.45, 2.75) is 32.4 Å². The number of aliphatic hydroxyl groups is 1. The van der Waals surface area contributed by atoms with Crippen LogP contribution in [0, 0.1) is 0 Å². The Hall–Kier alpha value is -3.10. The van der Waals surface area contributed by atoms with Crippen molar-refractivity contribution < 1.29 is 19.4 Å². The predicted octanol–water partition coefficient (Wildman–Crippen LogP) is 3.06. The number of amides is 2. The van der Waals surface area contributed by atoms with Crippen molar-refractivity contribution in [1.82, 2.24) is 4.90 Å². The van der Waals surface area contributed by atoms with Crippen LogP contribution in [0.25, 0.3) is 0 Å². The largest absolute Gasteiger partial charge is 0.444 e. The Kier molecular flexibility index (Phi) is 7.47. The number of likely N-dealkylation sites (tertiary alicyclic amines) is 1. The molecule has 0 spiro atoms. The number of fused-ring (bicyclic) bond motifs is 1. The molecular formula is C25H32N4O4. The third-order valence-electron chi connectivity index (χ3n) is 6.36. The van der Waals surface area contributed by atoms with Crippen LogP contribution < -0.4 is 15.1 Å². The zero-order valence-corrected chi connectivity index (χ0v) is 19.1. The fourth-order valence-electron chi connectivity index (χ4n) is 4.61. The number of nitrogens with zero attached hydrogens (tertiary/aromatic N) is 3. The van der Waals surface area contributed by atoms with Crippen molar-refractivity contribution in [3.05, 3.63) is 54.1 Å². The number of carbonyl (C=O) groups excluding carboxylic acids is 2. The Bertz CT molecular complexity index is 957. The summed E-state index contributed by atoms with van der Waals surface area (Å²) in [5.41, 5.74) is 3.74. The second-order valence-electron chi connectivity index (χ2n) is 8.46. The number of hydrogen-bond donors (Lipinski definition) is 2. The molecule has 0 radical (unpaired) electrons. The average molecular weight is 453 g/mol. The fourth-order valence-corrected chi connectivity index (χ4v) is 4.61. The molecule has 2 aliphatic heterocycles. The van der Waals surface area contributed by atoms with Gasteiger partial charge in [0, 0.05) is 49.2 Å². The summed E-state index contributed by atoms with van der Waals surface area (Å²) in [5, 5.41) is 12.1. The fraction of sp³-hybridized carbons (Fsp3) is 0.440. The van der Waals surface area contributed by atoms with Crippen LogP contribution >= 0.6 is 0 Å². The summed E-state index contributed by atoms with van der Waals surface area (Å²) in [6, 6.07) is 15.6. The number of likely N-dealkylation sites (N-methyl/N-ethyl adjacent to an activating group) is 1. The molecule has 0 unspecified atom stereocenters. The Morgan fingerprint density at radius 2 is 1.88 bits per heavy atom. The Morgan fingerprint density at radius 3 is 2.58 bits per heavy atom. The number of carbonyl (C=O) groups is 2. The molecule has 2 aromatic carbocycles. The maximum Gasteiger partial charge on any atom is 0.414 e. The summed E-state index contributed by atoms with van der Waals surface area (Å²) >= 11 is 0. The molecular weight excluding hydrogens is 420 g/mol. The minimum atomic E-state index is -0.283. The number of hydrogen-bond acceptors (Lipinski definition) is 6. The Labute approximate surface area is 194 Å². The number of cyclic esters (lactones) is 1. The molecule has 4 rings (SSSR count). The molecule has 2 aliphatic rings. The van der Waals surface area contributed by atoms with Crippen molar-refractivity contribution in [2.24, 2.45) is 0 Å². The number of piperidine rings is 1. The molecule has 33 heavy (non-hydrogen) atoms. The number of anilines is 3. The lowest BCUT2D eigenvalue weighted by Crippen LogP contribution is -2.50. The van der Waals surface area contributed by atoms with Gasteiger partial charge in [-0.25, -0.2) is 4.79 Å². The van der Waals surface area contributed by atoms with Gasteiger partial charge in [-0.05, 0) is 50.1 Å². The zero-order chi connectivity index (χ0) is 23.2. The van der Waals surface area contributed by atoms with Crippen molar-refractivity contribution in [2.75, 3.05) is 54.4 Å². The van der Waals surface area contributed by atoms with Crippen LogP contribution in [0.3, 0.4) is 0 Å². The number of nitrogens with one attached hydrogen (secondary N) is 1. The van der Waals surface area contributed by atoms with Gasteiger partial charge in [0.05, 0.1) is 18.8 Å². The van der Waals surface area contributed by atoms with Crippen molar-refractivity contribution >= 4 is 29.1 Å². The minimum absolute atomic E-state index is 0.0494. The van der Waals surface area contributed by atoms with Crippen LogP contribution in [0.15, 0.2) is 48.5 Å². The molecule has 176 valence electrons. The lowest BCUT2D eigenvalue weighted by molar-refractivity contribution is -0.117. The van der Waals surface area contributed by atoms with Gasteiger partial charge in [-0.1, -0.05) is 18.2 Å². The van der Waals surface area contributed by atoms with E-state index in [1.54, 1.807) is 4.90 Å². The minimum Gasteiger partial charge on any atom is -0.444 e. The molecule has 0 saturated carbocycles. The Balaban J connectivity index is 1.28. The molecule has 0 aromatic heterocycles. The maximum atomic E-state index is 12.6. The highest BCUT2D eigenvalue weighted by atomic mass is 16.6. The van der Waals surface area contributed by atoms with Crippen LogP contribution in [0.5, 0.6) is 0 Å². The average Bonchev–Trinajstić information content (AvgIpc) is 2.84. The van der Waals surface area contributed by atoms with E-state index in [9.17, 15) is 14.7 Å². The summed E-state index contributed by atoms with van der Waals surface area (Å²) in [6.45, 7) is 5.67. The second-order valence-corrected chi connectivity index (χ2v) is 8.46. The van der Waals surface area contributed by atoms with Crippen LogP contribution in [0.4, 0.5) is 21.9 Å². The van der Waals surface area contributed by atoms with E-state index in [2.05, 4.69) is 15.1 Å². The molecule has 0 aliphatic carbocycles. The van der Waals surface area contributed by atoms with Gasteiger partial charge in [0.2, 0.25) is 5.91 Å². The summed E-state index contributed by atoms with van der Waals surface area (Å²) in [4.78, 5) is 31.0. The number of rotatable bonds is 8. The van der Waals surface area contributed by atoms with Crippen molar-refractivity contribution in [1.29, 1.82) is 0 Å². The number of para-hydroxylation sites is 1. The highest BCUT2D eigenvalue weighted by Crippen LogP contribution is 2.31. The van der Waals surface area contributed by atoms with E-state index in [0.29, 0.717) is 19.7 Å². The van der Waals surface area contributed by atoms with Crippen molar-refractivity contribution in [3.63, 3.8) is 0 Å². The topological polar surface area (TPSA) is 85.4 Å². The lowest BCUT2D eigenvalue weighted by Gasteiger charge is -2.40. The summed E-state index contributed by atoms with van der Waals surface area (Å²) in [5.74, 6) is -0.0494. The standard InChI is InChI=1S/C25H32N4O4/c1-2-28(15-16-30)21-9-7-20(8-10-21)26-24(31)17-27-13-11-22(12-14-27)29-23-6-4-3-5-19(23)18-33-25(29)32/h3-10,22,30H,2,11-18H2,1H3,(H,26,31). The summed E-state index contributed by atoms with van der Waals surface area (Å²) < 4.78 is 5.37. The van der Waals surface area contributed by atoms with Gasteiger partial charge in [0.25, 0.3) is 0 Å². The maximum absolute atomic E-state index is 12.6. The number of aliphatic hydroxyl groups excluding tert-OH is 1. The van der Waals surface area contributed by atoms with Gasteiger partial charge in [-0.15, -0.1) is 0 Å². The van der Waals surface area contributed by atoms with Gasteiger partial charge in [0.1, 0.15) is 6.61 Å². The van der Waals surface area contributed by atoms with Crippen LogP contribution in [0.2, 0.25) is 0 Å².